The van der Waals surface area contributed by atoms with Gasteiger partial charge in [-0.3, -0.25) is 4.79 Å². The molecule has 2 aliphatic rings. The predicted molar refractivity (Wildman–Crippen MR) is 95.1 cm³/mol. The van der Waals surface area contributed by atoms with Crippen LogP contribution in [0.5, 0.6) is 0 Å². The molecule has 4 nitrogen and oxygen atoms in total. The summed E-state index contributed by atoms with van der Waals surface area (Å²) in [6.07, 6.45) is 2.65. The number of hydrogen-bond donors (Lipinski definition) is 0. The molecule has 138 valence electrons. The maximum absolute atomic E-state index is 13.0. The molecule has 2 aliphatic carbocycles. The van der Waals surface area contributed by atoms with E-state index in [4.69, 9.17) is 0 Å². The molecule has 0 heterocycles. The van der Waals surface area contributed by atoms with Crippen LogP contribution in [0.3, 0.4) is 0 Å². The molecule has 6 heteroatoms. The van der Waals surface area contributed by atoms with Gasteiger partial charge in [-0.2, -0.15) is 0 Å². The Morgan fingerprint density at radius 2 is 1.88 bits per heavy atom. The van der Waals surface area contributed by atoms with Gasteiger partial charge in [0.25, 0.3) is 0 Å². The summed E-state index contributed by atoms with van der Waals surface area (Å²) in [5, 5.41) is 0. The molecule has 2 atom stereocenters. The van der Waals surface area contributed by atoms with E-state index < -0.39 is 15.4 Å². The zero-order chi connectivity index (χ0) is 18.5. The summed E-state index contributed by atoms with van der Waals surface area (Å²) in [6.45, 7) is 4.41. The summed E-state index contributed by atoms with van der Waals surface area (Å²) in [5.74, 6) is 0.0213. The number of rotatable bonds is 6. The number of halogens is 1. The number of sulfonamides is 1. The van der Waals surface area contributed by atoms with Crippen LogP contribution in [0.15, 0.2) is 24.3 Å². The fourth-order valence-corrected chi connectivity index (χ4v) is 6.50. The second-order valence-electron chi connectivity index (χ2n) is 8.12. The van der Waals surface area contributed by atoms with E-state index in [2.05, 4.69) is 0 Å². The average Bonchev–Trinajstić information content (AvgIpc) is 2.87. The third-order valence-electron chi connectivity index (χ3n) is 6.67. The molecule has 0 N–H and O–H groups in total. The average molecular weight is 367 g/mol. The zero-order valence-corrected chi connectivity index (χ0v) is 15.9. The summed E-state index contributed by atoms with van der Waals surface area (Å²) < 4.78 is 40.1. The molecule has 1 aromatic carbocycles. The zero-order valence-electron chi connectivity index (χ0n) is 15.1. The van der Waals surface area contributed by atoms with Crippen molar-refractivity contribution in [1.82, 2.24) is 4.31 Å². The molecule has 1 aromatic rings. The van der Waals surface area contributed by atoms with Crippen molar-refractivity contribution in [2.45, 2.75) is 39.5 Å². The summed E-state index contributed by atoms with van der Waals surface area (Å²) in [4.78, 5) is 12.6. The predicted octanol–water partition coefficient (Wildman–Crippen LogP) is 3.03. The van der Waals surface area contributed by atoms with Gasteiger partial charge in [-0.1, -0.05) is 26.0 Å². The first kappa shape index (κ1) is 18.5. The minimum atomic E-state index is -3.53. The van der Waals surface area contributed by atoms with Crippen LogP contribution in [0.4, 0.5) is 4.39 Å². The largest absolute Gasteiger partial charge is 0.299 e. The van der Waals surface area contributed by atoms with Gasteiger partial charge in [-0.25, -0.2) is 17.1 Å². The number of carbonyl (C=O) groups is 1. The highest BCUT2D eigenvalue weighted by Crippen LogP contribution is 2.64. The monoisotopic (exact) mass is 367 g/mol. The molecule has 0 saturated heterocycles. The lowest BCUT2D eigenvalue weighted by Crippen LogP contribution is -2.46. The first-order valence-corrected chi connectivity index (χ1v) is 10.4. The van der Waals surface area contributed by atoms with Gasteiger partial charge in [0.1, 0.15) is 11.6 Å². The Hall–Kier alpha value is -1.27. The molecular weight excluding hydrogens is 341 g/mol. The maximum Gasteiger partial charge on any atom is 0.214 e. The van der Waals surface area contributed by atoms with Crippen molar-refractivity contribution in [2.75, 3.05) is 19.3 Å². The smallest absolute Gasteiger partial charge is 0.214 e. The number of Topliss-reactive ketones (excluding diaryl/α,β-unsaturated/α-hetero) is 1. The van der Waals surface area contributed by atoms with Crippen LogP contribution in [0.2, 0.25) is 0 Å². The molecule has 3 rings (SSSR count). The van der Waals surface area contributed by atoms with Gasteiger partial charge in [0.2, 0.25) is 10.0 Å². The number of fused-ring (bicyclic) bond motifs is 2. The summed E-state index contributed by atoms with van der Waals surface area (Å²) in [5.41, 5.74) is -0.102. The Bertz CT molecular complexity index is 772. The van der Waals surface area contributed by atoms with Crippen molar-refractivity contribution in [1.29, 1.82) is 0 Å². The van der Waals surface area contributed by atoms with E-state index in [1.54, 1.807) is 19.2 Å². The number of ketones is 1. The fourth-order valence-electron chi connectivity index (χ4n) is 4.61. The van der Waals surface area contributed by atoms with Gasteiger partial charge in [-0.05, 0) is 48.3 Å². The van der Waals surface area contributed by atoms with Crippen LogP contribution in [0.1, 0.15) is 38.7 Å². The number of hydrogen-bond acceptors (Lipinski definition) is 3. The summed E-state index contributed by atoms with van der Waals surface area (Å²) in [6, 6.07) is 6.08. The third-order valence-corrected chi connectivity index (χ3v) is 8.66. The van der Waals surface area contributed by atoms with Crippen molar-refractivity contribution in [2.24, 2.45) is 16.7 Å². The SMILES string of the molecule is CN(CCc1ccc(F)cc1)S(=O)(=O)CC12CCC(CC1=O)C2(C)C. The van der Waals surface area contributed by atoms with Gasteiger partial charge < -0.3 is 0 Å². The fraction of sp³-hybridized carbons (Fsp3) is 0.632. The van der Waals surface area contributed by atoms with Gasteiger partial charge in [-0.15, -0.1) is 0 Å². The lowest BCUT2D eigenvalue weighted by atomic mass is 9.70. The minimum absolute atomic E-state index is 0.0950. The Kier molecular flexibility index (Phi) is 4.57. The number of carbonyl (C=O) groups excluding carboxylic acids is 1. The molecule has 2 fully saturated rings. The van der Waals surface area contributed by atoms with Gasteiger partial charge in [0.15, 0.2) is 0 Å². The first-order valence-electron chi connectivity index (χ1n) is 8.80. The van der Waals surface area contributed by atoms with Crippen molar-refractivity contribution in [3.05, 3.63) is 35.6 Å². The Labute approximate surface area is 149 Å². The van der Waals surface area contributed by atoms with Crippen molar-refractivity contribution in [3.63, 3.8) is 0 Å². The minimum Gasteiger partial charge on any atom is -0.299 e. The van der Waals surface area contributed by atoms with Crippen molar-refractivity contribution in [3.8, 4) is 0 Å². The molecular formula is C19H26FNO3S. The van der Waals surface area contributed by atoms with E-state index in [9.17, 15) is 17.6 Å². The Morgan fingerprint density at radius 3 is 2.40 bits per heavy atom. The first-order chi connectivity index (χ1) is 11.6. The quantitative estimate of drug-likeness (QED) is 0.777. The topological polar surface area (TPSA) is 54.5 Å². The standard InChI is InChI=1S/C19H26FNO3S/c1-18(2)15-8-10-19(18,17(22)12-15)13-25(23,24)21(3)11-9-14-4-6-16(20)7-5-14/h4-7,15H,8-13H2,1-3H3. The second-order valence-corrected chi connectivity index (χ2v) is 10.2. The summed E-state index contributed by atoms with van der Waals surface area (Å²) in [7, 11) is -1.97. The highest BCUT2D eigenvalue weighted by atomic mass is 32.2. The van der Waals surface area contributed by atoms with Crippen LogP contribution in [-0.4, -0.2) is 37.9 Å². The van der Waals surface area contributed by atoms with Crippen LogP contribution < -0.4 is 0 Å². The van der Waals surface area contributed by atoms with Crippen LogP contribution in [-0.2, 0) is 21.2 Å². The molecule has 0 radical (unpaired) electrons. The maximum atomic E-state index is 13.0. The summed E-state index contributed by atoms with van der Waals surface area (Å²) >= 11 is 0. The van der Waals surface area contributed by atoms with Crippen LogP contribution in [0.25, 0.3) is 0 Å². The molecule has 2 bridgehead atoms. The van der Waals surface area contributed by atoms with Crippen LogP contribution in [0, 0.1) is 22.6 Å². The number of benzene rings is 1. The van der Waals surface area contributed by atoms with E-state index in [-0.39, 0.29) is 22.8 Å². The molecule has 2 unspecified atom stereocenters. The van der Waals surface area contributed by atoms with E-state index in [0.29, 0.717) is 31.7 Å². The van der Waals surface area contributed by atoms with Crippen LogP contribution >= 0.6 is 0 Å². The lowest BCUT2D eigenvalue weighted by molar-refractivity contribution is -0.128. The van der Waals surface area contributed by atoms with E-state index in [1.807, 2.05) is 13.8 Å². The Balaban J connectivity index is 1.71. The highest BCUT2D eigenvalue weighted by molar-refractivity contribution is 7.89. The van der Waals surface area contributed by atoms with E-state index in [1.165, 1.54) is 16.4 Å². The lowest BCUT2D eigenvalue weighted by Gasteiger charge is -2.37. The molecule has 0 spiro atoms. The van der Waals surface area contributed by atoms with E-state index >= 15 is 0 Å². The number of nitrogens with zero attached hydrogens (tertiary/aromatic N) is 1. The molecule has 0 aliphatic heterocycles. The molecule has 2 saturated carbocycles. The van der Waals surface area contributed by atoms with Gasteiger partial charge in [0, 0.05) is 25.4 Å². The third kappa shape index (κ3) is 3.04. The number of likely N-dealkylation sites (N-methyl/N-ethyl adjacent to an activating group) is 1. The highest BCUT2D eigenvalue weighted by Gasteiger charge is 2.65. The Morgan fingerprint density at radius 1 is 1.24 bits per heavy atom. The van der Waals surface area contributed by atoms with Crippen molar-refractivity contribution < 1.29 is 17.6 Å². The van der Waals surface area contributed by atoms with E-state index in [0.717, 1.165) is 12.0 Å². The van der Waals surface area contributed by atoms with Crippen molar-refractivity contribution >= 4 is 15.8 Å². The molecule has 0 aromatic heterocycles. The molecule has 0 amide bonds. The molecule has 25 heavy (non-hydrogen) atoms. The second kappa shape index (κ2) is 6.16. The van der Waals surface area contributed by atoms with Gasteiger partial charge in [0.05, 0.1) is 5.75 Å². The van der Waals surface area contributed by atoms with Gasteiger partial charge >= 0.3 is 0 Å². The normalized spacial score (nSPS) is 28.0.